The Morgan fingerprint density at radius 3 is 2.71 bits per heavy atom. The summed E-state index contributed by atoms with van der Waals surface area (Å²) in [4.78, 5) is 21.2. The van der Waals surface area contributed by atoms with E-state index in [1.807, 2.05) is 29.4 Å². The van der Waals surface area contributed by atoms with Crippen LogP contribution in [0.5, 0.6) is 0 Å². The van der Waals surface area contributed by atoms with Crippen molar-refractivity contribution < 1.29 is 9.53 Å². The standard InChI is InChI=1S/C22H24N4O2/c27-21-26-13-11-24(10-12-25-17-23-19-8-4-5-9-20(19)25)15-22(26,16-28-21)14-18-6-2-1-3-7-18/h1-9,17H,10-16H2. The Morgan fingerprint density at radius 1 is 1.00 bits per heavy atom. The molecule has 2 saturated heterocycles. The molecule has 6 heteroatoms. The molecule has 2 aliphatic heterocycles. The van der Waals surface area contributed by atoms with Crippen molar-refractivity contribution in [3.63, 3.8) is 0 Å². The second-order valence-electron chi connectivity index (χ2n) is 7.80. The number of para-hydroxylation sites is 2. The minimum absolute atomic E-state index is 0.170. The number of hydrogen-bond donors (Lipinski definition) is 0. The number of imidazole rings is 1. The Kier molecular flexibility index (Phi) is 4.28. The molecule has 0 N–H and O–H groups in total. The first kappa shape index (κ1) is 17.3. The van der Waals surface area contributed by atoms with Crippen LogP contribution in [0.1, 0.15) is 5.56 Å². The Labute approximate surface area is 164 Å². The van der Waals surface area contributed by atoms with Crippen molar-refractivity contribution in [1.82, 2.24) is 19.4 Å². The highest BCUT2D eigenvalue weighted by Crippen LogP contribution is 2.32. The lowest BCUT2D eigenvalue weighted by Gasteiger charge is -2.45. The van der Waals surface area contributed by atoms with Crippen LogP contribution in [0.4, 0.5) is 4.79 Å². The molecule has 1 atom stereocenters. The molecule has 144 valence electrons. The van der Waals surface area contributed by atoms with Crippen LogP contribution in [0.15, 0.2) is 60.9 Å². The fraction of sp³-hybridized carbons (Fsp3) is 0.364. The highest BCUT2D eigenvalue weighted by atomic mass is 16.6. The van der Waals surface area contributed by atoms with Gasteiger partial charge in [0.05, 0.1) is 22.9 Å². The first-order chi connectivity index (χ1) is 13.7. The zero-order valence-electron chi connectivity index (χ0n) is 15.8. The van der Waals surface area contributed by atoms with Gasteiger partial charge < -0.3 is 9.30 Å². The number of piperazine rings is 1. The average Bonchev–Trinajstić information content (AvgIpc) is 3.28. The highest BCUT2D eigenvalue weighted by molar-refractivity contribution is 5.75. The molecular weight excluding hydrogens is 352 g/mol. The molecular formula is C22H24N4O2. The first-order valence-electron chi connectivity index (χ1n) is 9.84. The molecule has 3 aromatic rings. The SMILES string of the molecule is O=C1OCC2(Cc3ccccc3)CN(CCn3cnc4ccccc43)CCN12. The van der Waals surface area contributed by atoms with Gasteiger partial charge >= 0.3 is 6.09 Å². The number of rotatable bonds is 5. The third-order valence-electron chi connectivity index (χ3n) is 5.98. The van der Waals surface area contributed by atoms with Crippen LogP contribution in [-0.2, 0) is 17.7 Å². The van der Waals surface area contributed by atoms with Gasteiger partial charge in [0, 0.05) is 39.1 Å². The Balaban J connectivity index is 1.32. The lowest BCUT2D eigenvalue weighted by atomic mass is 9.88. The summed E-state index contributed by atoms with van der Waals surface area (Å²) in [6.07, 6.45) is 2.57. The smallest absolute Gasteiger partial charge is 0.410 e. The van der Waals surface area contributed by atoms with E-state index in [-0.39, 0.29) is 11.6 Å². The number of ether oxygens (including phenoxy) is 1. The van der Waals surface area contributed by atoms with E-state index in [4.69, 9.17) is 4.74 Å². The first-order valence-corrected chi connectivity index (χ1v) is 9.84. The summed E-state index contributed by atoms with van der Waals surface area (Å²) in [7, 11) is 0. The molecule has 0 bridgehead atoms. The minimum atomic E-state index is -0.270. The molecule has 28 heavy (non-hydrogen) atoms. The quantitative estimate of drug-likeness (QED) is 0.687. The number of cyclic esters (lactones) is 1. The molecule has 0 spiro atoms. The van der Waals surface area contributed by atoms with E-state index in [0.29, 0.717) is 6.61 Å². The predicted molar refractivity (Wildman–Crippen MR) is 107 cm³/mol. The molecule has 0 radical (unpaired) electrons. The van der Waals surface area contributed by atoms with Gasteiger partial charge in [-0.15, -0.1) is 0 Å². The number of aromatic nitrogens is 2. The van der Waals surface area contributed by atoms with Gasteiger partial charge in [0.15, 0.2) is 0 Å². The van der Waals surface area contributed by atoms with Gasteiger partial charge in [-0.1, -0.05) is 42.5 Å². The summed E-state index contributed by atoms with van der Waals surface area (Å²) >= 11 is 0. The number of nitrogens with zero attached hydrogens (tertiary/aromatic N) is 4. The van der Waals surface area contributed by atoms with Crippen molar-refractivity contribution in [2.75, 3.05) is 32.8 Å². The maximum Gasteiger partial charge on any atom is 0.410 e. The molecule has 1 unspecified atom stereocenters. The zero-order valence-corrected chi connectivity index (χ0v) is 15.8. The molecule has 2 aliphatic rings. The fourth-order valence-electron chi connectivity index (χ4n) is 4.55. The molecule has 0 aliphatic carbocycles. The molecule has 0 saturated carbocycles. The van der Waals surface area contributed by atoms with Crippen LogP contribution in [0.2, 0.25) is 0 Å². The Hall–Kier alpha value is -2.86. The predicted octanol–water partition coefficient (Wildman–Crippen LogP) is 2.79. The largest absolute Gasteiger partial charge is 0.447 e. The number of hydrogen-bond acceptors (Lipinski definition) is 4. The summed E-state index contributed by atoms with van der Waals surface area (Å²) in [5.41, 5.74) is 3.17. The van der Waals surface area contributed by atoms with Crippen LogP contribution in [0, 0.1) is 0 Å². The maximum absolute atomic E-state index is 12.3. The van der Waals surface area contributed by atoms with Crippen molar-refractivity contribution >= 4 is 17.1 Å². The van der Waals surface area contributed by atoms with Gasteiger partial charge in [0.25, 0.3) is 0 Å². The number of amides is 1. The van der Waals surface area contributed by atoms with Crippen LogP contribution < -0.4 is 0 Å². The maximum atomic E-state index is 12.3. The number of benzene rings is 2. The van der Waals surface area contributed by atoms with Gasteiger partial charge in [0.2, 0.25) is 0 Å². The average molecular weight is 376 g/mol. The molecule has 1 aromatic heterocycles. The Bertz CT molecular complexity index is 986. The second kappa shape index (κ2) is 6.95. The van der Waals surface area contributed by atoms with E-state index >= 15 is 0 Å². The van der Waals surface area contributed by atoms with Gasteiger partial charge in [-0.25, -0.2) is 9.78 Å². The summed E-state index contributed by atoms with van der Waals surface area (Å²) in [5.74, 6) is 0. The summed E-state index contributed by atoms with van der Waals surface area (Å²) in [6.45, 7) is 4.70. The van der Waals surface area contributed by atoms with E-state index in [1.165, 1.54) is 11.1 Å². The highest BCUT2D eigenvalue weighted by Gasteiger charge is 2.50. The molecule has 2 fully saturated rings. The Morgan fingerprint density at radius 2 is 1.82 bits per heavy atom. The molecule has 3 heterocycles. The van der Waals surface area contributed by atoms with E-state index in [9.17, 15) is 4.79 Å². The van der Waals surface area contributed by atoms with E-state index < -0.39 is 0 Å². The fourth-order valence-corrected chi connectivity index (χ4v) is 4.55. The van der Waals surface area contributed by atoms with Gasteiger partial charge in [0.1, 0.15) is 6.61 Å². The van der Waals surface area contributed by atoms with Crippen LogP contribution in [0.25, 0.3) is 11.0 Å². The van der Waals surface area contributed by atoms with Gasteiger partial charge in [-0.3, -0.25) is 9.80 Å². The van der Waals surface area contributed by atoms with Crippen LogP contribution in [-0.4, -0.2) is 63.8 Å². The van der Waals surface area contributed by atoms with Crippen molar-refractivity contribution in [2.24, 2.45) is 0 Å². The van der Waals surface area contributed by atoms with Gasteiger partial charge in [-0.2, -0.15) is 0 Å². The minimum Gasteiger partial charge on any atom is -0.447 e. The van der Waals surface area contributed by atoms with Crippen LogP contribution >= 0.6 is 0 Å². The zero-order chi connectivity index (χ0) is 19.0. The lowest BCUT2D eigenvalue weighted by Crippen LogP contribution is -2.62. The molecule has 6 nitrogen and oxygen atoms in total. The summed E-state index contributed by atoms with van der Waals surface area (Å²) in [5, 5.41) is 0. The lowest BCUT2D eigenvalue weighted by molar-refractivity contribution is 0.0502. The normalized spacial score (nSPS) is 22.4. The number of carbonyl (C=O) groups excluding carboxylic acids is 1. The molecule has 1 amide bonds. The van der Waals surface area contributed by atoms with Crippen molar-refractivity contribution in [1.29, 1.82) is 0 Å². The third kappa shape index (κ3) is 3.03. The van der Waals surface area contributed by atoms with Crippen molar-refractivity contribution in [2.45, 2.75) is 18.5 Å². The summed E-state index contributed by atoms with van der Waals surface area (Å²) < 4.78 is 7.69. The second-order valence-corrected chi connectivity index (χ2v) is 7.80. The van der Waals surface area contributed by atoms with E-state index in [2.05, 4.69) is 50.8 Å². The molecule has 5 rings (SSSR count). The number of fused-ring (bicyclic) bond motifs is 2. The van der Waals surface area contributed by atoms with Crippen LogP contribution in [0.3, 0.4) is 0 Å². The van der Waals surface area contributed by atoms with Crippen molar-refractivity contribution in [3.05, 3.63) is 66.5 Å². The molecule has 2 aromatic carbocycles. The monoisotopic (exact) mass is 376 g/mol. The number of carbonyl (C=O) groups is 1. The topological polar surface area (TPSA) is 50.6 Å². The third-order valence-corrected chi connectivity index (χ3v) is 5.98. The summed E-state index contributed by atoms with van der Waals surface area (Å²) in [6, 6.07) is 18.6. The van der Waals surface area contributed by atoms with Crippen molar-refractivity contribution in [3.8, 4) is 0 Å². The van der Waals surface area contributed by atoms with E-state index in [1.54, 1.807) is 0 Å². The van der Waals surface area contributed by atoms with Gasteiger partial charge in [-0.05, 0) is 17.7 Å². The van der Waals surface area contributed by atoms with E-state index in [0.717, 1.165) is 44.7 Å².